The Kier molecular flexibility index (Phi) is 3.25. The summed E-state index contributed by atoms with van der Waals surface area (Å²) in [4.78, 5) is 11.3. The molecule has 0 spiro atoms. The van der Waals surface area contributed by atoms with Crippen LogP contribution in [0.3, 0.4) is 0 Å². The topological polar surface area (TPSA) is 55.4 Å². The minimum absolute atomic E-state index is 0.219. The van der Waals surface area contributed by atoms with Crippen LogP contribution in [0.4, 0.5) is 4.39 Å². The summed E-state index contributed by atoms with van der Waals surface area (Å²) >= 11 is 0. The van der Waals surface area contributed by atoms with Crippen LogP contribution in [0.5, 0.6) is 0 Å². The fraction of sp³-hybridized carbons (Fsp3) is 0.188. The molecule has 0 aliphatic rings. The lowest BCUT2D eigenvalue weighted by Crippen LogP contribution is -2.07. The van der Waals surface area contributed by atoms with Gasteiger partial charge in [0.05, 0.1) is 5.52 Å². The van der Waals surface area contributed by atoms with Gasteiger partial charge in [-0.2, -0.15) is 0 Å². The Labute approximate surface area is 120 Å². The second-order valence-corrected chi connectivity index (χ2v) is 4.85. The van der Waals surface area contributed by atoms with Crippen molar-refractivity contribution in [1.82, 2.24) is 4.57 Å². The summed E-state index contributed by atoms with van der Waals surface area (Å²) in [6.45, 7) is 2.59. The van der Waals surface area contributed by atoms with E-state index in [1.165, 1.54) is 18.2 Å². The molecule has 0 atom stereocenters. The van der Waals surface area contributed by atoms with E-state index < -0.39 is 5.97 Å². The van der Waals surface area contributed by atoms with Crippen LogP contribution in [0.25, 0.3) is 22.4 Å². The van der Waals surface area contributed by atoms with Gasteiger partial charge in [0.25, 0.3) is 0 Å². The Morgan fingerprint density at radius 3 is 2.62 bits per heavy atom. The van der Waals surface area contributed by atoms with Crippen molar-refractivity contribution in [2.24, 2.45) is 0 Å². The third-order valence-corrected chi connectivity index (χ3v) is 3.38. The smallest absolute Gasteiger partial charge is 0.352 e. The third kappa shape index (κ3) is 2.31. The van der Waals surface area contributed by atoms with Crippen LogP contribution < -0.4 is 0 Å². The molecule has 108 valence electrons. The molecule has 2 heterocycles. The molecule has 4 nitrogen and oxygen atoms in total. The average molecular weight is 287 g/mol. The number of nitrogens with zero attached hydrogens (tertiary/aromatic N) is 1. The number of hydrogen-bond donors (Lipinski definition) is 1. The van der Waals surface area contributed by atoms with Crippen LogP contribution >= 0.6 is 0 Å². The summed E-state index contributed by atoms with van der Waals surface area (Å²) in [6, 6.07) is 9.33. The Balaban J connectivity index is 2.12. The summed E-state index contributed by atoms with van der Waals surface area (Å²) in [7, 11) is 0. The molecule has 3 aromatic rings. The Hall–Kier alpha value is -2.56. The number of hydrogen-bond acceptors (Lipinski definition) is 2. The van der Waals surface area contributed by atoms with Crippen molar-refractivity contribution in [3.8, 4) is 11.3 Å². The van der Waals surface area contributed by atoms with E-state index in [1.807, 2.05) is 6.92 Å². The highest BCUT2D eigenvalue weighted by molar-refractivity contribution is 5.94. The highest BCUT2D eigenvalue weighted by Crippen LogP contribution is 2.30. The van der Waals surface area contributed by atoms with Crippen LogP contribution in [0, 0.1) is 5.82 Å². The molecular weight excluding hydrogens is 273 g/mol. The van der Waals surface area contributed by atoms with Crippen LogP contribution in [0.15, 0.2) is 40.8 Å². The summed E-state index contributed by atoms with van der Waals surface area (Å²) < 4.78 is 20.4. The SMILES string of the molecule is CCCn1c(C(=O)O)cc2oc(-c3ccc(F)cc3)cc21. The summed E-state index contributed by atoms with van der Waals surface area (Å²) in [5.74, 6) is -0.682. The fourth-order valence-electron chi connectivity index (χ4n) is 2.44. The van der Waals surface area contributed by atoms with Gasteiger partial charge in [-0.05, 0) is 30.7 Å². The van der Waals surface area contributed by atoms with Gasteiger partial charge in [0.1, 0.15) is 17.3 Å². The van der Waals surface area contributed by atoms with E-state index in [2.05, 4.69) is 0 Å². The first-order valence-electron chi connectivity index (χ1n) is 6.72. The van der Waals surface area contributed by atoms with Crippen LogP contribution in [-0.4, -0.2) is 15.6 Å². The maximum absolute atomic E-state index is 13.0. The first-order valence-corrected chi connectivity index (χ1v) is 6.72. The van der Waals surface area contributed by atoms with Gasteiger partial charge in [-0.1, -0.05) is 6.92 Å². The van der Waals surface area contributed by atoms with E-state index in [-0.39, 0.29) is 11.5 Å². The number of benzene rings is 1. The predicted octanol–water partition coefficient (Wildman–Crippen LogP) is 4.15. The molecular formula is C16H14FNO3. The van der Waals surface area contributed by atoms with Crippen molar-refractivity contribution in [3.05, 3.63) is 47.9 Å². The van der Waals surface area contributed by atoms with Gasteiger partial charge in [0.2, 0.25) is 0 Å². The van der Waals surface area contributed by atoms with Crippen molar-refractivity contribution < 1.29 is 18.7 Å². The molecule has 0 saturated heterocycles. The third-order valence-electron chi connectivity index (χ3n) is 3.38. The molecule has 0 aliphatic carbocycles. The monoisotopic (exact) mass is 287 g/mol. The zero-order valence-corrected chi connectivity index (χ0v) is 11.5. The molecule has 0 fully saturated rings. The number of aromatic nitrogens is 1. The molecule has 5 heteroatoms. The Bertz CT molecular complexity index is 799. The standard InChI is InChI=1S/C16H14FNO3/c1-2-7-18-12-8-14(10-3-5-11(17)6-4-10)21-15(12)9-13(18)16(19)20/h3-6,8-9H,2,7H2,1H3,(H,19,20). The van der Waals surface area contributed by atoms with Crippen molar-refractivity contribution in [2.45, 2.75) is 19.9 Å². The molecule has 1 aromatic carbocycles. The minimum Gasteiger partial charge on any atom is -0.477 e. The van der Waals surface area contributed by atoms with Crippen molar-refractivity contribution in [1.29, 1.82) is 0 Å². The van der Waals surface area contributed by atoms with Crippen LogP contribution in [0.2, 0.25) is 0 Å². The molecule has 0 saturated carbocycles. The number of aromatic carboxylic acids is 1. The maximum atomic E-state index is 13.0. The minimum atomic E-state index is -0.974. The summed E-state index contributed by atoms with van der Waals surface area (Å²) in [5.41, 5.74) is 2.25. The molecule has 1 N–H and O–H groups in total. The van der Waals surface area contributed by atoms with E-state index in [9.17, 15) is 14.3 Å². The highest BCUT2D eigenvalue weighted by Gasteiger charge is 2.18. The molecule has 0 amide bonds. The molecule has 0 unspecified atom stereocenters. The van der Waals surface area contributed by atoms with E-state index >= 15 is 0 Å². The van der Waals surface area contributed by atoms with E-state index in [4.69, 9.17) is 4.42 Å². The number of fused-ring (bicyclic) bond motifs is 1. The van der Waals surface area contributed by atoms with Gasteiger partial charge in [0, 0.05) is 24.2 Å². The number of carboxylic acids is 1. The maximum Gasteiger partial charge on any atom is 0.352 e. The van der Waals surface area contributed by atoms with Crippen molar-refractivity contribution in [2.75, 3.05) is 0 Å². The molecule has 0 radical (unpaired) electrons. The van der Waals surface area contributed by atoms with Gasteiger partial charge in [-0.3, -0.25) is 0 Å². The van der Waals surface area contributed by atoms with Gasteiger partial charge in [-0.25, -0.2) is 9.18 Å². The van der Waals surface area contributed by atoms with E-state index in [0.717, 1.165) is 17.5 Å². The zero-order chi connectivity index (χ0) is 15.0. The molecule has 3 rings (SSSR count). The van der Waals surface area contributed by atoms with Gasteiger partial charge < -0.3 is 14.1 Å². The van der Waals surface area contributed by atoms with Gasteiger partial charge >= 0.3 is 5.97 Å². The van der Waals surface area contributed by atoms with E-state index in [1.54, 1.807) is 22.8 Å². The second-order valence-electron chi connectivity index (χ2n) is 4.85. The number of furan rings is 1. The molecule has 21 heavy (non-hydrogen) atoms. The molecule has 2 aromatic heterocycles. The first kappa shape index (κ1) is 13.4. The summed E-state index contributed by atoms with van der Waals surface area (Å²) in [5, 5.41) is 9.22. The second kappa shape index (κ2) is 5.09. The first-order chi connectivity index (χ1) is 10.1. The van der Waals surface area contributed by atoms with Crippen LogP contribution in [-0.2, 0) is 6.54 Å². The number of aryl methyl sites for hydroxylation is 1. The lowest BCUT2D eigenvalue weighted by atomic mass is 10.2. The highest BCUT2D eigenvalue weighted by atomic mass is 19.1. The Morgan fingerprint density at radius 1 is 1.29 bits per heavy atom. The summed E-state index contributed by atoms with van der Waals surface area (Å²) in [6.07, 6.45) is 0.821. The number of carbonyl (C=O) groups is 1. The van der Waals surface area contributed by atoms with Gasteiger partial charge in [0.15, 0.2) is 5.58 Å². The number of rotatable bonds is 4. The van der Waals surface area contributed by atoms with Crippen LogP contribution in [0.1, 0.15) is 23.8 Å². The number of halogens is 1. The van der Waals surface area contributed by atoms with Crippen molar-refractivity contribution >= 4 is 17.1 Å². The molecule has 0 bridgehead atoms. The lowest BCUT2D eigenvalue weighted by Gasteiger charge is -2.04. The Morgan fingerprint density at radius 2 is 2.00 bits per heavy atom. The predicted molar refractivity (Wildman–Crippen MR) is 76.8 cm³/mol. The van der Waals surface area contributed by atoms with E-state index in [0.29, 0.717) is 17.9 Å². The average Bonchev–Trinajstić information content (AvgIpc) is 2.99. The fourth-order valence-corrected chi connectivity index (χ4v) is 2.44. The molecule has 0 aliphatic heterocycles. The number of carboxylic acid groups (broad SMARTS) is 1. The quantitative estimate of drug-likeness (QED) is 0.784. The van der Waals surface area contributed by atoms with Gasteiger partial charge in [-0.15, -0.1) is 0 Å². The lowest BCUT2D eigenvalue weighted by molar-refractivity contribution is 0.0685. The zero-order valence-electron chi connectivity index (χ0n) is 11.5. The van der Waals surface area contributed by atoms with Crippen molar-refractivity contribution in [3.63, 3.8) is 0 Å². The largest absolute Gasteiger partial charge is 0.477 e. The normalized spacial score (nSPS) is 11.1.